The number of thioether (sulfide) groups is 1. The molecule has 22 heavy (non-hydrogen) atoms. The number of anilines is 1. The molecule has 0 bridgehead atoms. The van der Waals surface area contributed by atoms with E-state index in [1.807, 2.05) is 18.2 Å². The van der Waals surface area contributed by atoms with Crippen LogP contribution in [0, 0.1) is 0 Å². The molecule has 2 amide bonds. The zero-order valence-electron chi connectivity index (χ0n) is 12.1. The molecule has 1 aromatic rings. The molecule has 0 unspecified atom stereocenters. The monoisotopic (exact) mass is 319 g/mol. The van der Waals surface area contributed by atoms with Gasteiger partial charge in [0.05, 0.1) is 6.54 Å². The zero-order valence-corrected chi connectivity index (χ0v) is 12.9. The van der Waals surface area contributed by atoms with Crippen molar-refractivity contribution in [2.75, 3.05) is 43.4 Å². The van der Waals surface area contributed by atoms with Crippen molar-refractivity contribution < 1.29 is 9.59 Å². The fourth-order valence-corrected chi connectivity index (χ4v) is 3.11. The van der Waals surface area contributed by atoms with E-state index in [-0.39, 0.29) is 0 Å². The molecule has 2 aliphatic rings. The van der Waals surface area contributed by atoms with Crippen LogP contribution in [0.15, 0.2) is 29.4 Å². The number of hydrogen-bond donors (Lipinski definition) is 1. The summed E-state index contributed by atoms with van der Waals surface area (Å²) >= 11 is 1.46. The van der Waals surface area contributed by atoms with Crippen molar-refractivity contribution in [2.24, 2.45) is 4.99 Å². The Balaban J connectivity index is 1.52. The second kappa shape index (κ2) is 6.78. The summed E-state index contributed by atoms with van der Waals surface area (Å²) in [5.74, 6) is 0.665. The van der Waals surface area contributed by atoms with Gasteiger partial charge in [0.25, 0.3) is 0 Å². The van der Waals surface area contributed by atoms with Crippen LogP contribution in [0.2, 0.25) is 0 Å². The zero-order chi connectivity index (χ0) is 15.4. The third kappa shape index (κ3) is 3.38. The van der Waals surface area contributed by atoms with Crippen LogP contribution in [-0.2, 0) is 9.59 Å². The van der Waals surface area contributed by atoms with E-state index < -0.39 is 11.8 Å². The Morgan fingerprint density at radius 1 is 1.18 bits per heavy atom. The minimum atomic E-state index is -0.598. The predicted octanol–water partition coefficient (Wildman–Crippen LogP) is -0.0508. The fraction of sp³-hybridized carbons (Fsp3) is 0.429. The topological polar surface area (TPSA) is 77.9 Å². The van der Waals surface area contributed by atoms with Crippen LogP contribution >= 0.6 is 11.8 Å². The summed E-state index contributed by atoms with van der Waals surface area (Å²) in [7, 11) is 0. The van der Waals surface area contributed by atoms with Crippen LogP contribution in [0.5, 0.6) is 0 Å². The van der Waals surface area contributed by atoms with E-state index in [1.165, 1.54) is 11.8 Å². The summed E-state index contributed by atoms with van der Waals surface area (Å²) in [4.78, 5) is 36.2. The second-order valence-electron chi connectivity index (χ2n) is 4.96. The standard InChI is InChI=1S/C14H17N5O2S/c20-12(17-14-16-5-10-22-14)13(21)19-8-6-18(7-9-19)11-3-1-2-4-15-11/h1-4H,5-10H2,(H,16,17,20). The summed E-state index contributed by atoms with van der Waals surface area (Å²) < 4.78 is 0. The molecule has 3 rings (SSSR count). The van der Waals surface area contributed by atoms with E-state index in [0.29, 0.717) is 37.9 Å². The van der Waals surface area contributed by atoms with Gasteiger partial charge in [-0.1, -0.05) is 17.8 Å². The fourth-order valence-electron chi connectivity index (χ4n) is 2.38. The molecule has 0 aromatic carbocycles. The predicted molar refractivity (Wildman–Crippen MR) is 85.9 cm³/mol. The molecule has 1 N–H and O–H groups in total. The maximum Gasteiger partial charge on any atom is 0.315 e. The first kappa shape index (κ1) is 14.8. The van der Waals surface area contributed by atoms with Gasteiger partial charge in [0.15, 0.2) is 5.17 Å². The van der Waals surface area contributed by atoms with Crippen LogP contribution in [0.25, 0.3) is 0 Å². The molecule has 0 atom stereocenters. The molecule has 0 radical (unpaired) electrons. The molecule has 2 aliphatic heterocycles. The summed E-state index contributed by atoms with van der Waals surface area (Å²) in [5, 5.41) is 3.12. The minimum absolute atomic E-state index is 0.490. The molecule has 1 aromatic heterocycles. The van der Waals surface area contributed by atoms with Crippen molar-refractivity contribution in [3.8, 4) is 0 Å². The SMILES string of the molecule is O=C(NC1=NCCS1)C(=O)N1CCN(c2ccccn2)CC1. The maximum absolute atomic E-state index is 12.1. The van der Waals surface area contributed by atoms with Crippen molar-refractivity contribution in [1.82, 2.24) is 15.2 Å². The molecule has 7 nitrogen and oxygen atoms in total. The second-order valence-corrected chi connectivity index (χ2v) is 6.04. The number of carbonyl (C=O) groups is 2. The number of aliphatic imine (C=N–C) groups is 1. The highest BCUT2D eigenvalue weighted by Crippen LogP contribution is 2.13. The average Bonchev–Trinajstić information content (AvgIpc) is 3.08. The van der Waals surface area contributed by atoms with Crippen molar-refractivity contribution in [3.05, 3.63) is 24.4 Å². The lowest BCUT2D eigenvalue weighted by Gasteiger charge is -2.34. The van der Waals surface area contributed by atoms with Crippen molar-refractivity contribution in [3.63, 3.8) is 0 Å². The van der Waals surface area contributed by atoms with Crippen LogP contribution in [0.3, 0.4) is 0 Å². The third-order valence-electron chi connectivity index (χ3n) is 3.54. The number of amidine groups is 1. The van der Waals surface area contributed by atoms with Crippen LogP contribution < -0.4 is 10.2 Å². The van der Waals surface area contributed by atoms with Crippen LogP contribution in [-0.4, -0.2) is 65.3 Å². The molecular weight excluding hydrogens is 302 g/mol. The molecule has 8 heteroatoms. The molecule has 1 fully saturated rings. The van der Waals surface area contributed by atoms with Crippen LogP contribution in [0.4, 0.5) is 5.82 Å². The number of carbonyl (C=O) groups excluding carboxylic acids is 2. The molecule has 3 heterocycles. The average molecular weight is 319 g/mol. The number of nitrogens with one attached hydrogen (secondary N) is 1. The normalized spacial score (nSPS) is 18.1. The summed E-state index contributed by atoms with van der Waals surface area (Å²) in [6.45, 7) is 3.07. The van der Waals surface area contributed by atoms with E-state index in [4.69, 9.17) is 0 Å². The van der Waals surface area contributed by atoms with E-state index in [0.717, 1.165) is 11.6 Å². The molecule has 0 spiro atoms. The smallest absolute Gasteiger partial charge is 0.315 e. The highest BCUT2D eigenvalue weighted by atomic mass is 32.2. The number of hydrogen-bond acceptors (Lipinski definition) is 6. The lowest BCUT2D eigenvalue weighted by Crippen LogP contribution is -2.53. The Hall–Kier alpha value is -2.09. The van der Waals surface area contributed by atoms with Crippen molar-refractivity contribution in [1.29, 1.82) is 0 Å². The van der Waals surface area contributed by atoms with Gasteiger partial charge in [0, 0.05) is 38.1 Å². The van der Waals surface area contributed by atoms with Crippen molar-refractivity contribution in [2.45, 2.75) is 0 Å². The maximum atomic E-state index is 12.1. The Bertz CT molecular complexity index is 584. The van der Waals surface area contributed by atoms with Gasteiger partial charge in [-0.15, -0.1) is 0 Å². The number of pyridine rings is 1. The molecule has 0 saturated carbocycles. The highest BCUT2D eigenvalue weighted by molar-refractivity contribution is 8.14. The Labute approximate surface area is 132 Å². The van der Waals surface area contributed by atoms with E-state index in [2.05, 4.69) is 20.2 Å². The quantitative estimate of drug-likeness (QED) is 0.734. The molecule has 116 valence electrons. The molecular formula is C14H17N5O2S. The van der Waals surface area contributed by atoms with Crippen LogP contribution in [0.1, 0.15) is 0 Å². The Morgan fingerprint density at radius 3 is 2.64 bits per heavy atom. The highest BCUT2D eigenvalue weighted by Gasteiger charge is 2.27. The number of rotatable bonds is 1. The van der Waals surface area contributed by atoms with E-state index in [1.54, 1.807) is 11.1 Å². The van der Waals surface area contributed by atoms with Gasteiger partial charge in [0.2, 0.25) is 0 Å². The Morgan fingerprint density at radius 2 is 2.00 bits per heavy atom. The first-order valence-electron chi connectivity index (χ1n) is 7.17. The molecule has 1 saturated heterocycles. The van der Waals surface area contributed by atoms with Gasteiger partial charge in [-0.3, -0.25) is 19.9 Å². The largest absolute Gasteiger partial charge is 0.353 e. The van der Waals surface area contributed by atoms with Gasteiger partial charge in [0.1, 0.15) is 5.82 Å². The first-order valence-corrected chi connectivity index (χ1v) is 8.16. The third-order valence-corrected chi connectivity index (χ3v) is 4.43. The van der Waals surface area contributed by atoms with E-state index >= 15 is 0 Å². The van der Waals surface area contributed by atoms with Gasteiger partial charge < -0.3 is 9.80 Å². The van der Waals surface area contributed by atoms with Gasteiger partial charge in [-0.05, 0) is 12.1 Å². The number of amides is 2. The lowest BCUT2D eigenvalue weighted by atomic mass is 10.3. The van der Waals surface area contributed by atoms with Gasteiger partial charge in [-0.2, -0.15) is 0 Å². The van der Waals surface area contributed by atoms with Gasteiger partial charge >= 0.3 is 11.8 Å². The summed E-state index contributed by atoms with van der Waals surface area (Å²) in [5.41, 5.74) is 0. The van der Waals surface area contributed by atoms with Gasteiger partial charge in [-0.25, -0.2) is 4.98 Å². The Kier molecular flexibility index (Phi) is 4.57. The van der Waals surface area contributed by atoms with E-state index in [9.17, 15) is 9.59 Å². The number of aromatic nitrogens is 1. The van der Waals surface area contributed by atoms with Crippen molar-refractivity contribution >= 4 is 34.6 Å². The number of piperazine rings is 1. The minimum Gasteiger partial charge on any atom is -0.353 e. The molecule has 0 aliphatic carbocycles. The lowest BCUT2D eigenvalue weighted by molar-refractivity contribution is -0.145. The summed E-state index contributed by atoms with van der Waals surface area (Å²) in [6, 6.07) is 5.75. The number of nitrogens with zero attached hydrogens (tertiary/aromatic N) is 4. The first-order chi connectivity index (χ1) is 10.7. The summed E-state index contributed by atoms with van der Waals surface area (Å²) in [6.07, 6.45) is 1.75.